The first-order valence-electron chi connectivity index (χ1n) is 7.62. The van der Waals surface area contributed by atoms with E-state index < -0.39 is 0 Å². The topological polar surface area (TPSA) is 97.6 Å². The van der Waals surface area contributed by atoms with Crippen LogP contribution >= 0.6 is 11.3 Å². The van der Waals surface area contributed by atoms with Crippen LogP contribution in [0.3, 0.4) is 0 Å². The summed E-state index contributed by atoms with van der Waals surface area (Å²) in [6.07, 6.45) is 2.71. The van der Waals surface area contributed by atoms with Crippen LogP contribution in [-0.2, 0) is 16.1 Å². The molecule has 8 nitrogen and oxygen atoms in total. The van der Waals surface area contributed by atoms with Gasteiger partial charge in [-0.3, -0.25) is 9.59 Å². The van der Waals surface area contributed by atoms with Gasteiger partial charge in [0.2, 0.25) is 11.0 Å². The van der Waals surface area contributed by atoms with Crippen LogP contribution in [0.15, 0.2) is 22.8 Å². The molecule has 0 saturated carbocycles. The molecular weight excluding hydrogens is 332 g/mol. The van der Waals surface area contributed by atoms with Crippen LogP contribution in [0.1, 0.15) is 28.4 Å². The molecule has 1 aliphatic heterocycles. The minimum atomic E-state index is -0.138. The lowest BCUT2D eigenvalue weighted by atomic mass is 9.96. The van der Waals surface area contributed by atoms with Crippen molar-refractivity contribution < 1.29 is 18.7 Å². The van der Waals surface area contributed by atoms with Crippen molar-refractivity contribution in [3.8, 4) is 0 Å². The number of rotatable bonds is 5. The highest BCUT2D eigenvalue weighted by molar-refractivity contribution is 7.15. The number of nitrogens with zero attached hydrogens (tertiary/aromatic N) is 3. The third-order valence-corrected chi connectivity index (χ3v) is 4.66. The number of piperidine rings is 1. The molecule has 2 aromatic heterocycles. The molecule has 0 unspecified atom stereocenters. The second-order valence-electron chi connectivity index (χ2n) is 5.47. The van der Waals surface area contributed by atoms with E-state index in [2.05, 4.69) is 15.5 Å². The molecule has 0 spiro atoms. The fourth-order valence-corrected chi connectivity index (χ4v) is 3.31. The summed E-state index contributed by atoms with van der Waals surface area (Å²) in [5.74, 6) is -0.0229. The summed E-state index contributed by atoms with van der Waals surface area (Å²) in [5.41, 5.74) is 0. The van der Waals surface area contributed by atoms with Crippen LogP contribution in [-0.4, -0.2) is 47.1 Å². The van der Waals surface area contributed by atoms with Gasteiger partial charge in [0.25, 0.3) is 5.91 Å². The Morgan fingerprint density at radius 2 is 2.21 bits per heavy atom. The molecule has 3 rings (SSSR count). The number of nitrogens with one attached hydrogen (secondary N) is 1. The zero-order valence-electron chi connectivity index (χ0n) is 13.2. The van der Waals surface area contributed by atoms with Crippen molar-refractivity contribution in [1.82, 2.24) is 15.1 Å². The van der Waals surface area contributed by atoms with Gasteiger partial charge in [-0.1, -0.05) is 11.3 Å². The molecule has 0 aromatic carbocycles. The highest BCUT2D eigenvalue weighted by Crippen LogP contribution is 2.22. The Hall–Kier alpha value is -2.26. The van der Waals surface area contributed by atoms with Gasteiger partial charge in [0.15, 0.2) is 5.76 Å². The SMILES string of the molecule is COCc1nnc(NC(=O)C2CCN(C(=O)c3ccco3)CC2)s1. The zero-order valence-corrected chi connectivity index (χ0v) is 14.0. The summed E-state index contributed by atoms with van der Waals surface area (Å²) in [6, 6.07) is 3.33. The van der Waals surface area contributed by atoms with Crippen LogP contribution in [0.4, 0.5) is 5.13 Å². The normalized spacial score (nSPS) is 15.5. The number of amides is 2. The molecule has 0 atom stereocenters. The number of furan rings is 1. The van der Waals surface area contributed by atoms with Gasteiger partial charge in [0.05, 0.1) is 6.26 Å². The minimum absolute atomic E-state index is 0.0831. The molecule has 3 heterocycles. The lowest BCUT2D eigenvalue weighted by Crippen LogP contribution is -2.41. The number of anilines is 1. The maximum absolute atomic E-state index is 12.3. The third kappa shape index (κ3) is 3.80. The molecule has 1 aliphatic rings. The van der Waals surface area contributed by atoms with E-state index in [4.69, 9.17) is 9.15 Å². The highest BCUT2D eigenvalue weighted by atomic mass is 32.1. The van der Waals surface area contributed by atoms with Gasteiger partial charge in [-0.15, -0.1) is 10.2 Å². The van der Waals surface area contributed by atoms with Crippen LogP contribution in [0.5, 0.6) is 0 Å². The number of aromatic nitrogens is 2. The quantitative estimate of drug-likeness (QED) is 0.882. The predicted octanol–water partition coefficient (Wildman–Crippen LogP) is 1.77. The molecule has 9 heteroatoms. The van der Waals surface area contributed by atoms with Crippen LogP contribution in [0.25, 0.3) is 0 Å². The minimum Gasteiger partial charge on any atom is -0.459 e. The van der Waals surface area contributed by atoms with E-state index in [9.17, 15) is 9.59 Å². The van der Waals surface area contributed by atoms with E-state index >= 15 is 0 Å². The van der Waals surface area contributed by atoms with Crippen molar-refractivity contribution in [1.29, 1.82) is 0 Å². The molecule has 1 fully saturated rings. The Bertz CT molecular complexity index is 692. The summed E-state index contributed by atoms with van der Waals surface area (Å²) in [7, 11) is 1.58. The third-order valence-electron chi connectivity index (χ3n) is 3.85. The zero-order chi connectivity index (χ0) is 16.9. The Morgan fingerprint density at radius 3 is 2.88 bits per heavy atom. The molecule has 24 heavy (non-hydrogen) atoms. The van der Waals surface area contributed by atoms with Crippen molar-refractivity contribution in [3.05, 3.63) is 29.2 Å². The number of ether oxygens (including phenoxy) is 1. The average molecular weight is 350 g/mol. The molecule has 2 amide bonds. The fraction of sp³-hybridized carbons (Fsp3) is 0.467. The largest absolute Gasteiger partial charge is 0.459 e. The number of likely N-dealkylation sites (tertiary alicyclic amines) is 1. The lowest BCUT2D eigenvalue weighted by molar-refractivity contribution is -0.121. The first kappa shape index (κ1) is 16.6. The van der Waals surface area contributed by atoms with E-state index in [0.29, 0.717) is 48.4 Å². The van der Waals surface area contributed by atoms with Crippen molar-refractivity contribution in [2.45, 2.75) is 19.4 Å². The van der Waals surface area contributed by atoms with Crippen molar-refractivity contribution >= 4 is 28.3 Å². The number of methoxy groups -OCH3 is 1. The monoisotopic (exact) mass is 350 g/mol. The fourth-order valence-electron chi connectivity index (χ4n) is 2.59. The van der Waals surface area contributed by atoms with Gasteiger partial charge in [0, 0.05) is 26.1 Å². The Morgan fingerprint density at radius 1 is 1.42 bits per heavy atom. The van der Waals surface area contributed by atoms with E-state index in [0.717, 1.165) is 0 Å². The number of carbonyl (C=O) groups is 2. The van der Waals surface area contributed by atoms with Gasteiger partial charge in [0.1, 0.15) is 11.6 Å². The van der Waals surface area contributed by atoms with Gasteiger partial charge in [-0.25, -0.2) is 0 Å². The van der Waals surface area contributed by atoms with Gasteiger partial charge >= 0.3 is 0 Å². The number of hydrogen-bond acceptors (Lipinski definition) is 7. The maximum atomic E-state index is 12.3. The van der Waals surface area contributed by atoms with Gasteiger partial charge in [-0.05, 0) is 25.0 Å². The predicted molar refractivity (Wildman–Crippen MR) is 86.6 cm³/mol. The summed E-state index contributed by atoms with van der Waals surface area (Å²) in [4.78, 5) is 26.2. The maximum Gasteiger partial charge on any atom is 0.289 e. The molecule has 1 saturated heterocycles. The Balaban J connectivity index is 1.50. The number of carbonyl (C=O) groups excluding carboxylic acids is 2. The molecule has 0 radical (unpaired) electrons. The second-order valence-corrected chi connectivity index (χ2v) is 6.53. The van der Waals surface area contributed by atoms with Crippen LogP contribution in [0.2, 0.25) is 0 Å². The van der Waals surface area contributed by atoms with Crippen molar-refractivity contribution in [2.75, 3.05) is 25.5 Å². The van der Waals surface area contributed by atoms with Gasteiger partial charge < -0.3 is 19.4 Å². The second kappa shape index (κ2) is 7.54. The van der Waals surface area contributed by atoms with E-state index in [1.54, 1.807) is 24.1 Å². The highest BCUT2D eigenvalue weighted by Gasteiger charge is 2.29. The van der Waals surface area contributed by atoms with Crippen LogP contribution in [0, 0.1) is 5.92 Å². The Kier molecular flexibility index (Phi) is 5.21. The van der Waals surface area contributed by atoms with E-state index in [-0.39, 0.29) is 17.7 Å². The molecule has 2 aromatic rings. The molecular formula is C15H18N4O4S. The summed E-state index contributed by atoms with van der Waals surface area (Å²) in [5, 5.41) is 11.8. The lowest BCUT2D eigenvalue weighted by Gasteiger charge is -2.30. The first-order chi connectivity index (χ1) is 11.7. The summed E-state index contributed by atoms with van der Waals surface area (Å²) >= 11 is 1.30. The van der Waals surface area contributed by atoms with Crippen molar-refractivity contribution in [2.24, 2.45) is 5.92 Å². The van der Waals surface area contributed by atoms with E-state index in [1.807, 2.05) is 0 Å². The molecule has 0 aliphatic carbocycles. The van der Waals surface area contributed by atoms with Crippen molar-refractivity contribution in [3.63, 3.8) is 0 Å². The van der Waals surface area contributed by atoms with Gasteiger partial charge in [-0.2, -0.15) is 0 Å². The smallest absolute Gasteiger partial charge is 0.289 e. The summed E-state index contributed by atoms with van der Waals surface area (Å²) in [6.45, 7) is 1.44. The van der Waals surface area contributed by atoms with E-state index in [1.165, 1.54) is 17.6 Å². The molecule has 0 bridgehead atoms. The summed E-state index contributed by atoms with van der Waals surface area (Å²) < 4.78 is 10.1. The average Bonchev–Trinajstić information content (AvgIpc) is 3.27. The standard InChI is InChI=1S/C15H18N4O4S/c1-22-9-12-17-18-15(24-12)16-13(20)10-4-6-19(7-5-10)14(21)11-3-2-8-23-11/h2-3,8,10H,4-7,9H2,1H3,(H,16,18,20). The first-order valence-corrected chi connectivity index (χ1v) is 8.44. The Labute approximate surface area is 142 Å². The molecule has 128 valence electrons. The number of hydrogen-bond donors (Lipinski definition) is 1. The van der Waals surface area contributed by atoms with Crippen LogP contribution < -0.4 is 5.32 Å². The molecule has 1 N–H and O–H groups in total.